The predicted molar refractivity (Wildman–Crippen MR) is 83.0 cm³/mol. The van der Waals surface area contributed by atoms with Crippen LogP contribution in [-0.2, 0) is 9.59 Å². The monoisotopic (exact) mass is 308 g/mol. The minimum atomic E-state index is -0.492. The van der Waals surface area contributed by atoms with Crippen LogP contribution in [0.25, 0.3) is 0 Å². The van der Waals surface area contributed by atoms with Crippen molar-refractivity contribution in [2.24, 2.45) is 5.41 Å². The quantitative estimate of drug-likeness (QED) is 0.913. The van der Waals surface area contributed by atoms with Gasteiger partial charge in [0.1, 0.15) is 12.6 Å². The maximum atomic E-state index is 12.7. The number of halogens is 1. The largest absolute Gasteiger partial charge is 0.342 e. The van der Waals surface area contributed by atoms with Crippen molar-refractivity contribution in [3.8, 4) is 0 Å². The molecule has 1 heterocycles. The molecule has 0 spiro atoms. The molecule has 0 saturated carbocycles. The summed E-state index contributed by atoms with van der Waals surface area (Å²) in [6.07, 6.45) is 0. The van der Waals surface area contributed by atoms with Gasteiger partial charge in [-0.3, -0.25) is 9.59 Å². The molecule has 1 N–H and O–H groups in total. The fourth-order valence-electron chi connectivity index (χ4n) is 2.50. The van der Waals surface area contributed by atoms with Gasteiger partial charge in [-0.25, -0.2) is 0 Å². The molecule has 0 aliphatic carbocycles. The van der Waals surface area contributed by atoms with Gasteiger partial charge in [0.05, 0.1) is 6.04 Å². The van der Waals surface area contributed by atoms with Gasteiger partial charge in [0, 0.05) is 5.02 Å². The highest BCUT2D eigenvalue weighted by Gasteiger charge is 2.41. The second kappa shape index (κ2) is 5.68. The minimum Gasteiger partial charge on any atom is -0.342 e. The molecule has 1 aromatic carbocycles. The fourth-order valence-corrected chi connectivity index (χ4v) is 2.63. The van der Waals surface area contributed by atoms with Gasteiger partial charge in [-0.2, -0.15) is 0 Å². The van der Waals surface area contributed by atoms with Gasteiger partial charge in [0.2, 0.25) is 11.8 Å². The fraction of sp³-hybridized carbons (Fsp3) is 0.500. The van der Waals surface area contributed by atoms with E-state index in [1.807, 2.05) is 39.8 Å². The molecule has 1 saturated heterocycles. The lowest BCUT2D eigenvalue weighted by molar-refractivity contribution is -0.149. The summed E-state index contributed by atoms with van der Waals surface area (Å²) >= 11 is 5.89. The van der Waals surface area contributed by atoms with Crippen molar-refractivity contribution in [1.82, 2.24) is 10.2 Å². The van der Waals surface area contributed by atoms with Crippen molar-refractivity contribution < 1.29 is 9.59 Å². The number of nitrogens with one attached hydrogen (secondary N) is 1. The van der Waals surface area contributed by atoms with Crippen molar-refractivity contribution >= 4 is 23.4 Å². The lowest BCUT2D eigenvalue weighted by atomic mass is 9.84. The van der Waals surface area contributed by atoms with E-state index >= 15 is 0 Å². The first-order valence-corrected chi connectivity index (χ1v) is 7.43. The molecule has 5 heteroatoms. The van der Waals surface area contributed by atoms with E-state index in [0.717, 1.165) is 5.56 Å². The molecule has 0 radical (unpaired) electrons. The van der Waals surface area contributed by atoms with E-state index in [1.165, 1.54) is 0 Å². The Morgan fingerprint density at radius 1 is 1.24 bits per heavy atom. The van der Waals surface area contributed by atoms with E-state index in [9.17, 15) is 9.59 Å². The first kappa shape index (κ1) is 15.8. The van der Waals surface area contributed by atoms with Crippen LogP contribution in [0.2, 0.25) is 5.02 Å². The van der Waals surface area contributed by atoms with Gasteiger partial charge >= 0.3 is 0 Å². The minimum absolute atomic E-state index is 0.0375. The zero-order valence-corrected chi connectivity index (χ0v) is 13.6. The normalized spacial score (nSPS) is 21.2. The lowest BCUT2D eigenvalue weighted by Crippen LogP contribution is -2.62. The van der Waals surface area contributed by atoms with Gasteiger partial charge in [-0.05, 0) is 30.0 Å². The maximum Gasteiger partial charge on any atom is 0.246 e. The number of hydrogen-bond donors (Lipinski definition) is 1. The summed E-state index contributed by atoms with van der Waals surface area (Å²) < 4.78 is 0. The van der Waals surface area contributed by atoms with Crippen molar-refractivity contribution in [1.29, 1.82) is 0 Å². The van der Waals surface area contributed by atoms with Gasteiger partial charge in [-0.15, -0.1) is 0 Å². The zero-order valence-electron chi connectivity index (χ0n) is 12.8. The summed E-state index contributed by atoms with van der Waals surface area (Å²) in [5.74, 6) is -0.153. The second-order valence-electron chi connectivity index (χ2n) is 6.56. The Kier molecular flexibility index (Phi) is 4.28. The zero-order chi connectivity index (χ0) is 15.8. The van der Waals surface area contributed by atoms with E-state index in [1.54, 1.807) is 17.0 Å². The Labute approximate surface area is 130 Å². The van der Waals surface area contributed by atoms with E-state index < -0.39 is 6.04 Å². The van der Waals surface area contributed by atoms with Gasteiger partial charge in [-0.1, -0.05) is 44.5 Å². The standard InChI is InChI=1S/C16H21ClN2O2/c1-10(11-5-7-12(17)8-6-11)19-9-13(20)18-14(15(19)21)16(2,3)4/h5-8,10,14H,9H2,1-4H3,(H,18,20). The Morgan fingerprint density at radius 3 is 2.33 bits per heavy atom. The first-order valence-electron chi connectivity index (χ1n) is 7.05. The number of carbonyl (C=O) groups is 2. The predicted octanol–water partition coefficient (Wildman–Crippen LogP) is 2.77. The molecule has 114 valence electrons. The number of piperazine rings is 1. The Hall–Kier alpha value is -1.55. The number of nitrogens with zero attached hydrogens (tertiary/aromatic N) is 1. The number of hydrogen-bond acceptors (Lipinski definition) is 2. The number of rotatable bonds is 2. The highest BCUT2D eigenvalue weighted by atomic mass is 35.5. The third kappa shape index (κ3) is 3.38. The maximum absolute atomic E-state index is 12.7. The summed E-state index contributed by atoms with van der Waals surface area (Å²) in [4.78, 5) is 26.3. The Bertz CT molecular complexity index is 548. The van der Waals surface area contributed by atoms with Crippen LogP contribution in [0.15, 0.2) is 24.3 Å². The first-order chi connectivity index (χ1) is 9.70. The van der Waals surface area contributed by atoms with Crippen LogP contribution < -0.4 is 5.32 Å². The van der Waals surface area contributed by atoms with Crippen LogP contribution in [0.1, 0.15) is 39.3 Å². The number of carbonyl (C=O) groups excluding carboxylic acids is 2. The molecule has 2 rings (SSSR count). The number of benzene rings is 1. The lowest BCUT2D eigenvalue weighted by Gasteiger charge is -2.41. The molecule has 0 bridgehead atoms. The van der Waals surface area contributed by atoms with Gasteiger partial charge in [0.15, 0.2) is 0 Å². The third-order valence-corrected chi connectivity index (χ3v) is 4.09. The molecule has 2 atom stereocenters. The van der Waals surface area contributed by atoms with Crippen LogP contribution in [0, 0.1) is 5.41 Å². The summed E-state index contributed by atoms with van der Waals surface area (Å²) in [5, 5.41) is 3.45. The molecule has 1 aliphatic heterocycles. The molecule has 1 aromatic rings. The molecule has 2 unspecified atom stereocenters. The highest BCUT2D eigenvalue weighted by Crippen LogP contribution is 2.29. The Balaban J connectivity index is 2.27. The van der Waals surface area contributed by atoms with Crippen molar-refractivity contribution in [2.45, 2.75) is 39.8 Å². The molecule has 21 heavy (non-hydrogen) atoms. The van der Waals surface area contributed by atoms with Crippen LogP contribution in [0.4, 0.5) is 0 Å². The van der Waals surface area contributed by atoms with Crippen LogP contribution in [-0.4, -0.2) is 29.3 Å². The molecule has 4 nitrogen and oxygen atoms in total. The SMILES string of the molecule is CC(c1ccc(Cl)cc1)N1CC(=O)NC(C(C)(C)C)C1=O. The summed E-state index contributed by atoms with van der Waals surface area (Å²) in [6, 6.07) is 6.71. The molecular weight excluding hydrogens is 288 g/mol. The van der Waals surface area contributed by atoms with E-state index in [0.29, 0.717) is 5.02 Å². The summed E-state index contributed by atoms with van der Waals surface area (Å²) in [5.41, 5.74) is 0.653. The van der Waals surface area contributed by atoms with Crippen LogP contribution in [0.3, 0.4) is 0 Å². The summed E-state index contributed by atoms with van der Waals surface area (Å²) in [7, 11) is 0. The highest BCUT2D eigenvalue weighted by molar-refractivity contribution is 6.30. The average Bonchev–Trinajstić information content (AvgIpc) is 2.40. The molecule has 2 amide bonds. The third-order valence-electron chi connectivity index (χ3n) is 3.84. The second-order valence-corrected chi connectivity index (χ2v) is 7.00. The number of amides is 2. The van der Waals surface area contributed by atoms with Gasteiger partial charge < -0.3 is 10.2 Å². The van der Waals surface area contributed by atoms with Crippen LogP contribution in [0.5, 0.6) is 0 Å². The molecule has 1 aliphatic rings. The smallest absolute Gasteiger partial charge is 0.246 e. The molecule has 0 aromatic heterocycles. The topological polar surface area (TPSA) is 49.4 Å². The van der Waals surface area contributed by atoms with Crippen molar-refractivity contribution in [2.75, 3.05) is 6.54 Å². The van der Waals surface area contributed by atoms with Crippen molar-refractivity contribution in [3.05, 3.63) is 34.9 Å². The summed E-state index contributed by atoms with van der Waals surface area (Å²) in [6.45, 7) is 7.87. The van der Waals surface area contributed by atoms with Gasteiger partial charge in [0.25, 0.3) is 0 Å². The molecule has 1 fully saturated rings. The Morgan fingerprint density at radius 2 is 1.81 bits per heavy atom. The van der Waals surface area contributed by atoms with E-state index in [2.05, 4.69) is 5.32 Å². The van der Waals surface area contributed by atoms with Crippen LogP contribution >= 0.6 is 11.6 Å². The average molecular weight is 309 g/mol. The van der Waals surface area contributed by atoms with E-state index in [4.69, 9.17) is 11.6 Å². The molecular formula is C16H21ClN2O2. The van der Waals surface area contributed by atoms with E-state index in [-0.39, 0.29) is 29.8 Å². The van der Waals surface area contributed by atoms with Crippen molar-refractivity contribution in [3.63, 3.8) is 0 Å².